The van der Waals surface area contributed by atoms with Crippen LogP contribution in [0.2, 0.25) is 0 Å². The lowest BCUT2D eigenvalue weighted by Gasteiger charge is -2.11. The average molecular weight is 358 g/mol. The molecular formula is C15H13F3N2O3S. The number of anilines is 1. The fourth-order valence-electron chi connectivity index (χ4n) is 1.89. The molecule has 0 saturated heterocycles. The van der Waals surface area contributed by atoms with Crippen molar-refractivity contribution >= 4 is 21.7 Å². The summed E-state index contributed by atoms with van der Waals surface area (Å²) in [6.45, 7) is 1.68. The van der Waals surface area contributed by atoms with Crippen LogP contribution in [-0.4, -0.2) is 14.4 Å². The summed E-state index contributed by atoms with van der Waals surface area (Å²) in [6.07, 6.45) is -4.57. The lowest BCUT2D eigenvalue weighted by molar-refractivity contribution is -0.137. The fraction of sp³-hybridized carbons (Fsp3) is 0.133. The van der Waals surface area contributed by atoms with Crippen molar-refractivity contribution in [1.82, 2.24) is 4.72 Å². The molecule has 2 rings (SSSR count). The van der Waals surface area contributed by atoms with Gasteiger partial charge in [0, 0.05) is 5.69 Å². The van der Waals surface area contributed by atoms with Gasteiger partial charge in [-0.05, 0) is 42.8 Å². The summed E-state index contributed by atoms with van der Waals surface area (Å²) in [7, 11) is -4.12. The molecule has 0 aliphatic heterocycles. The van der Waals surface area contributed by atoms with Crippen LogP contribution in [0, 0.1) is 6.92 Å². The Morgan fingerprint density at radius 2 is 1.71 bits per heavy atom. The number of hydrogen-bond acceptors (Lipinski definition) is 3. The minimum atomic E-state index is -4.57. The number of amides is 2. The molecule has 0 aliphatic rings. The zero-order valence-electron chi connectivity index (χ0n) is 12.4. The molecule has 9 heteroatoms. The van der Waals surface area contributed by atoms with Gasteiger partial charge in [0.05, 0.1) is 10.5 Å². The number of sulfonamides is 1. The smallest absolute Gasteiger partial charge is 0.307 e. The van der Waals surface area contributed by atoms with Gasteiger partial charge in [0.25, 0.3) is 10.0 Å². The number of halogens is 3. The number of rotatable bonds is 3. The number of carbonyl (C=O) groups is 1. The van der Waals surface area contributed by atoms with Crippen LogP contribution in [0.3, 0.4) is 0 Å². The molecule has 2 amide bonds. The predicted molar refractivity (Wildman–Crippen MR) is 82.0 cm³/mol. The molecule has 2 aromatic carbocycles. The summed E-state index contributed by atoms with van der Waals surface area (Å²) in [4.78, 5) is 11.6. The van der Waals surface area contributed by atoms with E-state index in [0.29, 0.717) is 11.6 Å². The topological polar surface area (TPSA) is 75.3 Å². The Labute approximate surface area is 136 Å². The highest BCUT2D eigenvalue weighted by Gasteiger charge is 2.30. The minimum absolute atomic E-state index is 0.123. The maximum Gasteiger partial charge on any atom is 0.416 e. The highest BCUT2D eigenvalue weighted by atomic mass is 32.2. The molecule has 0 saturated carbocycles. The Hall–Kier alpha value is -2.55. The maximum absolute atomic E-state index is 12.6. The third-order valence-electron chi connectivity index (χ3n) is 2.97. The predicted octanol–water partition coefficient (Wildman–Crippen LogP) is 3.52. The van der Waals surface area contributed by atoms with Crippen molar-refractivity contribution in [3.05, 3.63) is 59.7 Å². The summed E-state index contributed by atoms with van der Waals surface area (Å²) in [5.74, 6) is 0. The second-order valence-electron chi connectivity index (χ2n) is 4.95. The Kier molecular flexibility index (Phi) is 4.83. The van der Waals surface area contributed by atoms with E-state index in [2.05, 4.69) is 5.32 Å². The summed E-state index contributed by atoms with van der Waals surface area (Å²) >= 11 is 0. The standard InChI is InChI=1S/C15H13F3N2O3S/c1-10-4-2-7-13(8-10)24(22,23)20-14(21)19-12-6-3-5-11(9-12)15(16,17)18/h2-9H,1H3,(H2,19,20,21). The van der Waals surface area contributed by atoms with E-state index in [0.717, 1.165) is 12.1 Å². The van der Waals surface area contributed by atoms with Crippen molar-refractivity contribution in [3.8, 4) is 0 Å². The van der Waals surface area contributed by atoms with Crippen molar-refractivity contribution in [2.75, 3.05) is 5.32 Å². The van der Waals surface area contributed by atoms with Gasteiger partial charge in [0.15, 0.2) is 0 Å². The van der Waals surface area contributed by atoms with Gasteiger partial charge in [0.2, 0.25) is 0 Å². The molecule has 0 atom stereocenters. The van der Waals surface area contributed by atoms with Gasteiger partial charge in [-0.2, -0.15) is 13.2 Å². The second kappa shape index (κ2) is 6.52. The first kappa shape index (κ1) is 17.8. The van der Waals surface area contributed by atoms with E-state index in [1.807, 2.05) is 0 Å². The zero-order chi connectivity index (χ0) is 18.0. The summed E-state index contributed by atoms with van der Waals surface area (Å²) < 4.78 is 63.7. The monoisotopic (exact) mass is 358 g/mol. The maximum atomic E-state index is 12.6. The highest BCUT2D eigenvalue weighted by molar-refractivity contribution is 7.90. The summed E-state index contributed by atoms with van der Waals surface area (Å²) in [6, 6.07) is 8.56. The van der Waals surface area contributed by atoms with Crippen LogP contribution in [0.25, 0.3) is 0 Å². The third-order valence-corrected chi connectivity index (χ3v) is 4.30. The van der Waals surface area contributed by atoms with E-state index >= 15 is 0 Å². The van der Waals surface area contributed by atoms with Gasteiger partial charge >= 0.3 is 12.2 Å². The van der Waals surface area contributed by atoms with Gasteiger partial charge in [0.1, 0.15) is 0 Å². The van der Waals surface area contributed by atoms with E-state index in [-0.39, 0.29) is 10.6 Å². The van der Waals surface area contributed by atoms with E-state index in [4.69, 9.17) is 0 Å². The molecule has 0 fully saturated rings. The Balaban J connectivity index is 2.14. The largest absolute Gasteiger partial charge is 0.416 e. The van der Waals surface area contributed by atoms with Gasteiger partial charge in [-0.1, -0.05) is 18.2 Å². The molecule has 2 N–H and O–H groups in total. The van der Waals surface area contributed by atoms with Gasteiger partial charge in [-0.3, -0.25) is 0 Å². The van der Waals surface area contributed by atoms with E-state index in [9.17, 15) is 26.4 Å². The van der Waals surface area contributed by atoms with Crippen molar-refractivity contribution in [3.63, 3.8) is 0 Å². The Morgan fingerprint density at radius 1 is 1.04 bits per heavy atom. The fourth-order valence-corrected chi connectivity index (χ4v) is 2.91. The summed E-state index contributed by atoms with van der Waals surface area (Å²) in [5.41, 5.74) is -0.459. The highest BCUT2D eigenvalue weighted by Crippen LogP contribution is 2.30. The van der Waals surface area contributed by atoms with Crippen molar-refractivity contribution in [2.24, 2.45) is 0 Å². The van der Waals surface area contributed by atoms with Crippen LogP contribution in [0.15, 0.2) is 53.4 Å². The SMILES string of the molecule is Cc1cccc(S(=O)(=O)NC(=O)Nc2cccc(C(F)(F)F)c2)c1. The van der Waals surface area contributed by atoms with Crippen molar-refractivity contribution in [1.29, 1.82) is 0 Å². The molecule has 24 heavy (non-hydrogen) atoms. The van der Waals surface area contributed by atoms with E-state index < -0.39 is 27.8 Å². The molecule has 0 unspecified atom stereocenters. The normalized spacial score (nSPS) is 11.8. The number of carbonyl (C=O) groups excluding carboxylic acids is 1. The van der Waals surface area contributed by atoms with Crippen LogP contribution in [-0.2, 0) is 16.2 Å². The molecule has 128 valence electrons. The quantitative estimate of drug-likeness (QED) is 0.881. The van der Waals surface area contributed by atoms with Gasteiger partial charge in [-0.15, -0.1) is 0 Å². The van der Waals surface area contributed by atoms with Crippen molar-refractivity contribution in [2.45, 2.75) is 18.0 Å². The third kappa shape index (κ3) is 4.48. The number of nitrogens with one attached hydrogen (secondary N) is 2. The molecule has 0 spiro atoms. The van der Waals surface area contributed by atoms with Gasteiger partial charge in [-0.25, -0.2) is 17.9 Å². The first-order valence-corrected chi connectivity index (χ1v) is 8.14. The number of urea groups is 1. The van der Waals surface area contributed by atoms with Crippen LogP contribution < -0.4 is 10.0 Å². The molecule has 2 aromatic rings. The van der Waals surface area contributed by atoms with Crippen LogP contribution in [0.4, 0.5) is 23.7 Å². The Morgan fingerprint density at radius 3 is 2.33 bits per heavy atom. The van der Waals surface area contributed by atoms with E-state index in [1.165, 1.54) is 24.3 Å². The molecule has 0 bridgehead atoms. The first-order valence-electron chi connectivity index (χ1n) is 6.66. The number of benzene rings is 2. The summed E-state index contributed by atoms with van der Waals surface area (Å²) in [5, 5.41) is 2.07. The van der Waals surface area contributed by atoms with Crippen LogP contribution in [0.1, 0.15) is 11.1 Å². The van der Waals surface area contributed by atoms with Crippen LogP contribution in [0.5, 0.6) is 0 Å². The molecule has 0 heterocycles. The van der Waals surface area contributed by atoms with E-state index in [1.54, 1.807) is 17.7 Å². The number of aryl methyl sites for hydroxylation is 1. The number of hydrogen-bond donors (Lipinski definition) is 2. The Bertz CT molecular complexity index is 864. The second-order valence-corrected chi connectivity index (χ2v) is 6.64. The first-order chi connectivity index (χ1) is 11.1. The molecular weight excluding hydrogens is 345 g/mol. The van der Waals surface area contributed by atoms with Crippen molar-refractivity contribution < 1.29 is 26.4 Å². The van der Waals surface area contributed by atoms with Gasteiger partial charge < -0.3 is 5.32 Å². The minimum Gasteiger partial charge on any atom is -0.307 e. The lowest BCUT2D eigenvalue weighted by atomic mass is 10.2. The zero-order valence-corrected chi connectivity index (χ0v) is 13.2. The molecule has 0 aliphatic carbocycles. The molecule has 5 nitrogen and oxygen atoms in total. The average Bonchev–Trinajstić information content (AvgIpc) is 2.46. The van der Waals surface area contributed by atoms with Crippen LogP contribution >= 0.6 is 0 Å². The number of alkyl halides is 3. The lowest BCUT2D eigenvalue weighted by Crippen LogP contribution is -2.34. The molecule has 0 radical (unpaired) electrons. The molecule has 0 aromatic heterocycles.